The van der Waals surface area contributed by atoms with E-state index in [1.807, 2.05) is 57.2 Å². The summed E-state index contributed by atoms with van der Waals surface area (Å²) in [6.07, 6.45) is 2.68. The molecule has 3 rings (SSSR count). The summed E-state index contributed by atoms with van der Waals surface area (Å²) in [5, 5.41) is 2.95. The highest BCUT2D eigenvalue weighted by Gasteiger charge is 2.32. The number of carbonyl (C=O) groups is 2. The molecule has 1 N–H and O–H groups in total. The van der Waals surface area contributed by atoms with Crippen LogP contribution in [0, 0.1) is 6.92 Å². The van der Waals surface area contributed by atoms with Crippen LogP contribution in [0.2, 0.25) is 0 Å². The zero-order chi connectivity index (χ0) is 20.1. The quantitative estimate of drug-likeness (QED) is 0.792. The fraction of sp³-hybridized carbons (Fsp3) is 0.455. The van der Waals surface area contributed by atoms with Crippen LogP contribution in [-0.4, -0.2) is 35.4 Å². The number of carbonyl (C=O) groups excluding carboxylic acids is 2. The third kappa shape index (κ3) is 5.13. The second-order valence-electron chi connectivity index (χ2n) is 7.46. The van der Waals surface area contributed by atoms with Gasteiger partial charge < -0.3 is 15.0 Å². The third-order valence-corrected chi connectivity index (χ3v) is 5.73. The van der Waals surface area contributed by atoms with E-state index in [9.17, 15) is 9.59 Å². The second kappa shape index (κ2) is 9.24. The predicted molar refractivity (Wildman–Crippen MR) is 112 cm³/mol. The van der Waals surface area contributed by atoms with Crippen molar-refractivity contribution in [3.63, 3.8) is 0 Å². The van der Waals surface area contributed by atoms with Crippen LogP contribution in [0.5, 0.6) is 5.75 Å². The summed E-state index contributed by atoms with van der Waals surface area (Å²) in [6.45, 7) is 7.04. The van der Waals surface area contributed by atoms with Crippen LogP contribution in [0.4, 0.5) is 0 Å². The van der Waals surface area contributed by atoms with E-state index in [1.54, 1.807) is 4.90 Å². The molecule has 28 heavy (non-hydrogen) atoms. The number of hydrogen-bond donors (Lipinski definition) is 1. The molecule has 1 aromatic heterocycles. The minimum atomic E-state index is -0.441. The van der Waals surface area contributed by atoms with Crippen LogP contribution in [0.3, 0.4) is 0 Å². The van der Waals surface area contributed by atoms with Gasteiger partial charge in [-0.1, -0.05) is 12.1 Å². The molecule has 0 unspecified atom stereocenters. The van der Waals surface area contributed by atoms with Crippen LogP contribution < -0.4 is 10.1 Å². The van der Waals surface area contributed by atoms with Gasteiger partial charge in [0.1, 0.15) is 11.8 Å². The van der Waals surface area contributed by atoms with E-state index in [1.165, 1.54) is 11.3 Å². The van der Waals surface area contributed by atoms with Gasteiger partial charge in [-0.2, -0.15) is 0 Å². The van der Waals surface area contributed by atoms with E-state index in [-0.39, 0.29) is 17.9 Å². The van der Waals surface area contributed by atoms with Crippen molar-refractivity contribution in [1.29, 1.82) is 0 Å². The monoisotopic (exact) mass is 400 g/mol. The van der Waals surface area contributed by atoms with Crippen LogP contribution in [-0.2, 0) is 11.3 Å². The molecular formula is C22H28N2O3S. The maximum absolute atomic E-state index is 13.3. The van der Waals surface area contributed by atoms with Gasteiger partial charge >= 0.3 is 0 Å². The van der Waals surface area contributed by atoms with E-state index < -0.39 is 6.04 Å². The SMILES string of the molecule is Cc1ccc(C(=O)N(Cc2ccc(OC(C)C)cc2)[C@H]2CCCCNC2=O)s1. The van der Waals surface area contributed by atoms with Gasteiger partial charge in [-0.15, -0.1) is 11.3 Å². The van der Waals surface area contributed by atoms with Gasteiger partial charge in [0.05, 0.1) is 11.0 Å². The number of nitrogens with one attached hydrogen (secondary N) is 1. The van der Waals surface area contributed by atoms with Gasteiger partial charge in [-0.25, -0.2) is 0 Å². The summed E-state index contributed by atoms with van der Waals surface area (Å²) in [7, 11) is 0. The number of amides is 2. The Balaban J connectivity index is 1.85. The number of thiophene rings is 1. The molecule has 2 amide bonds. The van der Waals surface area contributed by atoms with Crippen molar-refractivity contribution in [2.45, 2.75) is 58.7 Å². The second-order valence-corrected chi connectivity index (χ2v) is 8.74. The molecule has 1 aromatic carbocycles. The number of hydrogen-bond acceptors (Lipinski definition) is 4. The molecule has 0 bridgehead atoms. The molecule has 2 heterocycles. The molecule has 6 heteroatoms. The summed E-state index contributed by atoms with van der Waals surface area (Å²) >= 11 is 1.47. The first kappa shape index (κ1) is 20.4. The van der Waals surface area contributed by atoms with Crippen molar-refractivity contribution in [3.05, 3.63) is 51.7 Å². The first-order valence-electron chi connectivity index (χ1n) is 9.85. The minimum Gasteiger partial charge on any atom is -0.491 e. The number of nitrogens with zero attached hydrogens (tertiary/aromatic N) is 1. The highest BCUT2D eigenvalue weighted by molar-refractivity contribution is 7.13. The van der Waals surface area contributed by atoms with Crippen molar-refractivity contribution in [1.82, 2.24) is 10.2 Å². The third-order valence-electron chi connectivity index (χ3n) is 4.74. The van der Waals surface area contributed by atoms with Crippen molar-refractivity contribution in [3.8, 4) is 5.75 Å². The smallest absolute Gasteiger partial charge is 0.264 e. The lowest BCUT2D eigenvalue weighted by atomic mass is 10.1. The van der Waals surface area contributed by atoms with Gasteiger partial charge in [0, 0.05) is 18.0 Å². The summed E-state index contributed by atoms with van der Waals surface area (Å²) in [6, 6.07) is 11.1. The molecular weight excluding hydrogens is 372 g/mol. The van der Waals surface area contributed by atoms with Crippen molar-refractivity contribution in [2.75, 3.05) is 6.54 Å². The van der Waals surface area contributed by atoms with Crippen molar-refractivity contribution < 1.29 is 14.3 Å². The Bertz CT molecular complexity index is 813. The van der Waals surface area contributed by atoms with Gasteiger partial charge in [0.25, 0.3) is 5.91 Å². The first-order chi connectivity index (χ1) is 13.4. The van der Waals surface area contributed by atoms with E-state index >= 15 is 0 Å². The lowest BCUT2D eigenvalue weighted by Crippen LogP contribution is -2.48. The molecule has 5 nitrogen and oxygen atoms in total. The predicted octanol–water partition coefficient (Wildman–Crippen LogP) is 4.15. The van der Waals surface area contributed by atoms with Crippen LogP contribution in [0.1, 0.15) is 53.2 Å². The number of rotatable bonds is 6. The Labute approximate surface area is 170 Å². The molecule has 0 radical (unpaired) electrons. The zero-order valence-corrected chi connectivity index (χ0v) is 17.6. The largest absolute Gasteiger partial charge is 0.491 e. The van der Waals surface area contributed by atoms with E-state index in [2.05, 4.69) is 5.32 Å². The highest BCUT2D eigenvalue weighted by atomic mass is 32.1. The summed E-state index contributed by atoms with van der Waals surface area (Å²) < 4.78 is 5.70. The molecule has 0 aliphatic carbocycles. The topological polar surface area (TPSA) is 58.6 Å². The van der Waals surface area contributed by atoms with Crippen LogP contribution >= 0.6 is 11.3 Å². The van der Waals surface area contributed by atoms with Crippen molar-refractivity contribution in [2.24, 2.45) is 0 Å². The number of ether oxygens (including phenoxy) is 1. The Morgan fingerprint density at radius 1 is 1.21 bits per heavy atom. The summed E-state index contributed by atoms with van der Waals surface area (Å²) in [4.78, 5) is 29.4. The average molecular weight is 401 g/mol. The molecule has 0 saturated carbocycles. The molecule has 1 atom stereocenters. The Morgan fingerprint density at radius 2 is 1.96 bits per heavy atom. The fourth-order valence-corrected chi connectivity index (χ4v) is 4.20. The van der Waals surface area contributed by atoms with E-state index in [0.29, 0.717) is 24.4 Å². The Hall–Kier alpha value is -2.34. The lowest BCUT2D eigenvalue weighted by Gasteiger charge is -2.30. The maximum Gasteiger partial charge on any atom is 0.264 e. The van der Waals surface area contributed by atoms with Crippen LogP contribution in [0.15, 0.2) is 36.4 Å². The summed E-state index contributed by atoms with van der Waals surface area (Å²) in [5.74, 6) is 0.666. The standard InChI is InChI=1S/C22H28N2O3S/c1-15(2)27-18-10-8-17(9-11-18)14-24(19-6-4-5-13-23-21(19)25)22(26)20-12-7-16(3)28-20/h7-12,15,19H,4-6,13-14H2,1-3H3,(H,23,25)/t19-/m0/s1. The molecule has 1 saturated heterocycles. The number of benzene rings is 1. The molecule has 150 valence electrons. The normalized spacial score (nSPS) is 17.1. The average Bonchev–Trinajstić information content (AvgIpc) is 2.98. The summed E-state index contributed by atoms with van der Waals surface area (Å²) in [5.41, 5.74) is 0.981. The lowest BCUT2D eigenvalue weighted by molar-refractivity contribution is -0.125. The molecule has 1 aliphatic rings. The van der Waals surface area contributed by atoms with Gasteiger partial charge in [-0.05, 0) is 69.9 Å². The van der Waals surface area contributed by atoms with Gasteiger partial charge in [-0.3, -0.25) is 9.59 Å². The molecule has 1 fully saturated rings. The highest BCUT2D eigenvalue weighted by Crippen LogP contribution is 2.24. The van der Waals surface area contributed by atoms with Gasteiger partial charge in [0.2, 0.25) is 5.91 Å². The van der Waals surface area contributed by atoms with Crippen LogP contribution in [0.25, 0.3) is 0 Å². The molecule has 2 aromatic rings. The van der Waals surface area contributed by atoms with E-state index in [4.69, 9.17) is 4.74 Å². The Morgan fingerprint density at radius 3 is 2.61 bits per heavy atom. The first-order valence-corrected chi connectivity index (χ1v) is 10.7. The fourth-order valence-electron chi connectivity index (χ4n) is 3.38. The maximum atomic E-state index is 13.3. The van der Waals surface area contributed by atoms with Crippen molar-refractivity contribution >= 4 is 23.2 Å². The zero-order valence-electron chi connectivity index (χ0n) is 16.7. The van der Waals surface area contributed by atoms with Gasteiger partial charge in [0.15, 0.2) is 0 Å². The molecule has 1 aliphatic heterocycles. The van der Waals surface area contributed by atoms with E-state index in [0.717, 1.165) is 29.0 Å². The number of aryl methyl sites for hydroxylation is 1. The minimum absolute atomic E-state index is 0.0566. The Kier molecular flexibility index (Phi) is 6.73. The molecule has 0 spiro atoms.